The Morgan fingerprint density at radius 1 is 0.534 bits per heavy atom. The molecule has 0 amide bonds. The van der Waals surface area contributed by atoms with Gasteiger partial charge in [0.15, 0.2) is 6.10 Å². The average molecular weight is 1020 g/mol. The molecule has 3 heterocycles. The van der Waals surface area contributed by atoms with Crippen molar-refractivity contribution in [2.24, 2.45) is 11.8 Å². The largest absolute Gasteiger partial charge is 0.460 e. The minimum Gasteiger partial charge on any atom is -0.460 e. The van der Waals surface area contributed by atoms with Crippen LogP contribution in [-0.2, 0) is 76.6 Å². The van der Waals surface area contributed by atoms with Crippen molar-refractivity contribution in [1.82, 2.24) is 0 Å². The van der Waals surface area contributed by atoms with Gasteiger partial charge in [0, 0.05) is 11.8 Å². The van der Waals surface area contributed by atoms with Crippen LogP contribution in [0.4, 0.5) is 0 Å². The molecular formula is C63H74O8S2. The molecule has 386 valence electrons. The third-order valence-corrected chi connectivity index (χ3v) is 18.0. The van der Waals surface area contributed by atoms with Gasteiger partial charge in [0.25, 0.3) is 0 Å². The SMILES string of the molecule is CC[C@H]1OC(=O)[C@H](OCc2ccccc2)[C@@H](OCc2ccccc2)[C@@H]1C.CCc1ccc(Cc2ccccc2C2([C@]3(O)O[C@H](CC)[C@@H](C)[C@H](OCc4ccccc4)[C@H]3OCc3ccccc3)SCCCS2)cc1. The number of rotatable bonds is 19. The second-order valence-electron chi connectivity index (χ2n) is 19.5. The molecule has 3 aliphatic heterocycles. The van der Waals surface area contributed by atoms with Gasteiger partial charge in [0.2, 0.25) is 5.79 Å². The standard InChI is InChI=1S/C41H48O4S2.C22H26O4/c1-4-31-21-23-32(24-22-31)27-35-19-12-13-20-36(35)41(46-25-14-26-47-41)40(42)39(44-29-34-17-10-7-11-18-34)38(30(3)37(5-2)45-40)43-28-33-15-8-6-9-16-33;1-3-19-16(2)20(24-14-17-10-6-4-7-11-17)21(22(23)26-19)25-15-18-12-8-5-9-13-18/h6-13,15-24,30,37-39,42H,4-5,14,25-29H2,1-3H3;4-13,16,19-21H,3,14-15H2,1-2H3/t30-,37-,38+,39-,40-;16-,19-,20+,21-/m11/s1. The zero-order valence-electron chi connectivity index (χ0n) is 43.2. The molecule has 73 heavy (non-hydrogen) atoms. The van der Waals surface area contributed by atoms with Crippen LogP contribution in [-0.4, -0.2) is 65.0 Å². The normalized spacial score (nSPS) is 25.8. The first-order valence-electron chi connectivity index (χ1n) is 26.3. The zero-order chi connectivity index (χ0) is 51.0. The van der Waals surface area contributed by atoms with E-state index in [0.717, 1.165) is 71.4 Å². The summed E-state index contributed by atoms with van der Waals surface area (Å²) in [7, 11) is 0. The van der Waals surface area contributed by atoms with Crippen molar-refractivity contribution in [1.29, 1.82) is 0 Å². The Balaban J connectivity index is 0.000000231. The molecule has 3 saturated heterocycles. The van der Waals surface area contributed by atoms with Crippen LogP contribution in [0, 0.1) is 11.8 Å². The van der Waals surface area contributed by atoms with Crippen LogP contribution in [0.15, 0.2) is 170 Å². The van der Waals surface area contributed by atoms with Gasteiger partial charge < -0.3 is 33.5 Å². The first kappa shape index (κ1) is 54.5. The lowest BCUT2D eigenvalue weighted by Crippen LogP contribution is -2.69. The highest BCUT2D eigenvalue weighted by Crippen LogP contribution is 2.62. The van der Waals surface area contributed by atoms with E-state index >= 15 is 0 Å². The van der Waals surface area contributed by atoms with Gasteiger partial charge in [0.05, 0.1) is 38.6 Å². The van der Waals surface area contributed by atoms with Gasteiger partial charge in [-0.3, -0.25) is 0 Å². The molecule has 0 saturated carbocycles. The Kier molecular flexibility index (Phi) is 19.9. The number of thioether (sulfide) groups is 2. The second-order valence-corrected chi connectivity index (χ2v) is 22.4. The van der Waals surface area contributed by atoms with Gasteiger partial charge in [-0.2, -0.15) is 0 Å². The van der Waals surface area contributed by atoms with Crippen LogP contribution >= 0.6 is 23.5 Å². The number of ether oxygens (including phenoxy) is 6. The van der Waals surface area contributed by atoms with Crippen LogP contribution in [0.3, 0.4) is 0 Å². The van der Waals surface area contributed by atoms with E-state index in [-0.39, 0.29) is 36.1 Å². The minimum atomic E-state index is -1.67. The van der Waals surface area contributed by atoms with E-state index in [9.17, 15) is 9.90 Å². The third kappa shape index (κ3) is 13.4. The molecule has 8 nitrogen and oxygen atoms in total. The fourth-order valence-electron chi connectivity index (χ4n) is 10.3. The van der Waals surface area contributed by atoms with Crippen molar-refractivity contribution in [3.8, 4) is 0 Å². The molecule has 9 atom stereocenters. The predicted octanol–water partition coefficient (Wildman–Crippen LogP) is 13.3. The molecule has 9 rings (SSSR count). The highest BCUT2D eigenvalue weighted by molar-refractivity contribution is 8.18. The molecule has 0 spiro atoms. The number of hydrogen-bond donors (Lipinski definition) is 1. The van der Waals surface area contributed by atoms with E-state index in [0.29, 0.717) is 26.4 Å². The fourth-order valence-corrected chi connectivity index (χ4v) is 14.0. The average Bonchev–Trinajstić information content (AvgIpc) is 3.44. The number of aliphatic hydroxyl groups is 1. The van der Waals surface area contributed by atoms with Crippen molar-refractivity contribution in [2.75, 3.05) is 11.5 Å². The van der Waals surface area contributed by atoms with Crippen LogP contribution in [0.1, 0.15) is 98.4 Å². The lowest BCUT2D eigenvalue weighted by molar-refractivity contribution is -0.357. The maximum Gasteiger partial charge on any atom is 0.338 e. The number of carbonyl (C=O) groups excluding carboxylic acids is 1. The molecule has 0 unspecified atom stereocenters. The van der Waals surface area contributed by atoms with Gasteiger partial charge in [-0.15, -0.1) is 23.5 Å². The van der Waals surface area contributed by atoms with Crippen LogP contribution in [0.2, 0.25) is 0 Å². The molecule has 1 N–H and O–H groups in total. The molecule has 6 aromatic carbocycles. The number of hydrogen-bond acceptors (Lipinski definition) is 10. The predicted molar refractivity (Wildman–Crippen MR) is 295 cm³/mol. The van der Waals surface area contributed by atoms with Gasteiger partial charge >= 0.3 is 5.97 Å². The number of cyclic esters (lactones) is 1. The van der Waals surface area contributed by atoms with Crippen LogP contribution in [0.25, 0.3) is 0 Å². The Morgan fingerprint density at radius 3 is 1.51 bits per heavy atom. The second kappa shape index (κ2) is 26.6. The van der Waals surface area contributed by atoms with E-state index in [4.69, 9.17) is 28.4 Å². The lowest BCUT2D eigenvalue weighted by atomic mass is 9.81. The van der Waals surface area contributed by atoms with Gasteiger partial charge in [-0.05, 0) is 88.1 Å². The molecule has 0 bridgehead atoms. The first-order valence-corrected chi connectivity index (χ1v) is 28.3. The van der Waals surface area contributed by atoms with Gasteiger partial charge in [0.1, 0.15) is 22.4 Å². The highest BCUT2D eigenvalue weighted by Gasteiger charge is 2.66. The molecule has 0 radical (unpaired) electrons. The van der Waals surface area contributed by atoms with Crippen molar-refractivity contribution in [2.45, 2.75) is 140 Å². The number of carbonyl (C=O) groups is 1. The quantitative estimate of drug-likeness (QED) is 0.0791. The summed E-state index contributed by atoms with van der Waals surface area (Å²) in [4.78, 5) is 12.5. The summed E-state index contributed by atoms with van der Waals surface area (Å²) in [5.74, 6) is -0.0792. The molecule has 10 heteroatoms. The van der Waals surface area contributed by atoms with Crippen molar-refractivity contribution >= 4 is 29.5 Å². The number of aryl methyl sites for hydroxylation is 1. The molecule has 0 aromatic heterocycles. The maximum absolute atomic E-state index is 13.5. The summed E-state index contributed by atoms with van der Waals surface area (Å²) in [5, 5.41) is 13.5. The van der Waals surface area contributed by atoms with Gasteiger partial charge in [-0.25, -0.2) is 4.79 Å². The Hall–Kier alpha value is -4.75. The molecular weight excluding hydrogens is 949 g/mol. The molecule has 0 aliphatic carbocycles. The third-order valence-electron chi connectivity index (χ3n) is 14.5. The summed E-state index contributed by atoms with van der Waals surface area (Å²) >= 11 is 3.62. The number of esters is 1. The minimum absolute atomic E-state index is 0.00715. The van der Waals surface area contributed by atoms with Crippen LogP contribution < -0.4 is 0 Å². The summed E-state index contributed by atoms with van der Waals surface area (Å²) in [5.41, 5.74) is 9.15. The maximum atomic E-state index is 13.5. The van der Waals surface area contributed by atoms with E-state index in [1.165, 1.54) is 16.7 Å². The van der Waals surface area contributed by atoms with Crippen molar-refractivity contribution < 1.29 is 38.3 Å². The Labute approximate surface area is 442 Å². The van der Waals surface area contributed by atoms with Gasteiger partial charge in [-0.1, -0.05) is 204 Å². The zero-order valence-corrected chi connectivity index (χ0v) is 44.8. The summed E-state index contributed by atoms with van der Waals surface area (Å²) < 4.78 is 37.7. The molecule has 6 aromatic rings. The summed E-state index contributed by atoms with van der Waals surface area (Å²) in [6.45, 7) is 12.2. The van der Waals surface area contributed by atoms with Crippen molar-refractivity contribution in [3.05, 3.63) is 214 Å². The first-order chi connectivity index (χ1) is 35.7. The van der Waals surface area contributed by atoms with E-state index in [1.807, 2.05) is 128 Å². The van der Waals surface area contributed by atoms with E-state index < -0.39 is 28.2 Å². The summed E-state index contributed by atoms with van der Waals surface area (Å²) in [6, 6.07) is 57.9. The van der Waals surface area contributed by atoms with E-state index in [2.05, 4.69) is 100 Å². The van der Waals surface area contributed by atoms with Crippen molar-refractivity contribution in [3.63, 3.8) is 0 Å². The Bertz CT molecular complexity index is 2560. The topological polar surface area (TPSA) is 92.7 Å². The number of benzene rings is 6. The lowest BCUT2D eigenvalue weighted by Gasteiger charge is -2.58. The molecule has 3 fully saturated rings. The monoisotopic (exact) mass is 1020 g/mol. The fraction of sp³-hybridized carbons (Fsp3) is 0.413. The Morgan fingerprint density at radius 2 is 0.986 bits per heavy atom. The molecule has 3 aliphatic rings. The highest BCUT2D eigenvalue weighted by atomic mass is 32.2. The van der Waals surface area contributed by atoms with Crippen LogP contribution in [0.5, 0.6) is 0 Å². The summed E-state index contributed by atoms with van der Waals surface area (Å²) in [6.07, 6.45) is 1.89. The smallest absolute Gasteiger partial charge is 0.338 e. The van der Waals surface area contributed by atoms with E-state index in [1.54, 1.807) is 0 Å².